The van der Waals surface area contributed by atoms with Gasteiger partial charge < -0.3 is 13.6 Å². The fraction of sp³-hybridized carbons (Fsp3) is 0.600. The fourth-order valence-electron chi connectivity index (χ4n) is 2.68. The second-order valence-electron chi connectivity index (χ2n) is 5.62. The molecule has 0 N–H and O–H groups in total. The Balaban J connectivity index is 1.57. The van der Waals surface area contributed by atoms with Gasteiger partial charge in [-0.3, -0.25) is 0 Å². The molecular formula is C15H20N2O3. The molecule has 0 amide bonds. The van der Waals surface area contributed by atoms with E-state index in [0.717, 1.165) is 24.5 Å². The van der Waals surface area contributed by atoms with Crippen molar-refractivity contribution in [2.24, 2.45) is 5.92 Å². The van der Waals surface area contributed by atoms with Gasteiger partial charge in [-0.25, -0.2) is 0 Å². The molecule has 2 heterocycles. The molecule has 0 aromatic carbocycles. The summed E-state index contributed by atoms with van der Waals surface area (Å²) in [6.07, 6.45) is 5.12. The van der Waals surface area contributed by atoms with E-state index in [4.69, 9.17) is 13.6 Å². The van der Waals surface area contributed by atoms with Gasteiger partial charge in [0.1, 0.15) is 12.4 Å². The van der Waals surface area contributed by atoms with Crippen LogP contribution >= 0.6 is 0 Å². The van der Waals surface area contributed by atoms with Gasteiger partial charge in [-0.15, -0.1) is 10.2 Å². The smallest absolute Gasteiger partial charge is 0.283 e. The molecule has 0 bridgehead atoms. The highest BCUT2D eigenvalue weighted by atomic mass is 16.5. The summed E-state index contributed by atoms with van der Waals surface area (Å²) in [5, 5.41) is 7.99. The highest BCUT2D eigenvalue weighted by Crippen LogP contribution is 2.26. The van der Waals surface area contributed by atoms with Crippen LogP contribution < -0.4 is 0 Å². The monoisotopic (exact) mass is 276 g/mol. The van der Waals surface area contributed by atoms with Crippen LogP contribution in [0.15, 0.2) is 21.0 Å². The summed E-state index contributed by atoms with van der Waals surface area (Å²) >= 11 is 0. The van der Waals surface area contributed by atoms with Gasteiger partial charge in [0, 0.05) is 0 Å². The molecule has 108 valence electrons. The summed E-state index contributed by atoms with van der Waals surface area (Å²) in [5.74, 6) is 3.10. The molecule has 2 aromatic rings. The molecule has 0 spiro atoms. The van der Waals surface area contributed by atoms with Crippen LogP contribution in [0.1, 0.15) is 44.3 Å². The van der Waals surface area contributed by atoms with E-state index in [2.05, 4.69) is 17.1 Å². The molecule has 1 fully saturated rings. The molecule has 0 aliphatic heterocycles. The third-order valence-corrected chi connectivity index (χ3v) is 3.75. The van der Waals surface area contributed by atoms with Crippen molar-refractivity contribution in [2.45, 2.75) is 52.2 Å². The first-order chi connectivity index (χ1) is 9.70. The summed E-state index contributed by atoms with van der Waals surface area (Å²) in [5.41, 5.74) is 0. The maximum atomic E-state index is 5.87. The van der Waals surface area contributed by atoms with Crippen molar-refractivity contribution >= 4 is 0 Å². The minimum Gasteiger partial charge on any atom is -0.456 e. The van der Waals surface area contributed by atoms with E-state index in [9.17, 15) is 0 Å². The Morgan fingerprint density at radius 2 is 2.15 bits per heavy atom. The number of furan rings is 1. The second kappa shape index (κ2) is 5.79. The SMILES string of the molecule is Cc1ccc(-c2nnc(COC3CCCC(C)C3)o2)o1. The molecule has 2 atom stereocenters. The zero-order valence-electron chi connectivity index (χ0n) is 12.0. The first-order valence-electron chi connectivity index (χ1n) is 7.21. The van der Waals surface area contributed by atoms with Crippen LogP contribution in [0.5, 0.6) is 0 Å². The molecule has 1 aliphatic carbocycles. The lowest BCUT2D eigenvalue weighted by atomic mass is 9.89. The molecular weight excluding hydrogens is 256 g/mol. The third-order valence-electron chi connectivity index (χ3n) is 3.75. The lowest BCUT2D eigenvalue weighted by molar-refractivity contribution is -0.00447. The molecule has 0 radical (unpaired) electrons. The number of ether oxygens (including phenoxy) is 1. The highest BCUT2D eigenvalue weighted by molar-refractivity contribution is 5.43. The first-order valence-corrected chi connectivity index (χ1v) is 7.21. The molecule has 5 heteroatoms. The van der Waals surface area contributed by atoms with Gasteiger partial charge in [0.2, 0.25) is 5.89 Å². The van der Waals surface area contributed by atoms with Crippen molar-refractivity contribution in [2.75, 3.05) is 0 Å². The number of nitrogens with zero attached hydrogens (tertiary/aromatic N) is 2. The van der Waals surface area contributed by atoms with Crippen LogP contribution in [-0.4, -0.2) is 16.3 Å². The van der Waals surface area contributed by atoms with Gasteiger partial charge in [-0.05, 0) is 37.8 Å². The highest BCUT2D eigenvalue weighted by Gasteiger charge is 2.20. The van der Waals surface area contributed by atoms with Crippen molar-refractivity contribution in [1.82, 2.24) is 10.2 Å². The van der Waals surface area contributed by atoms with Gasteiger partial charge in [0.05, 0.1) is 6.10 Å². The maximum absolute atomic E-state index is 5.87. The molecule has 2 unspecified atom stereocenters. The predicted molar refractivity (Wildman–Crippen MR) is 72.9 cm³/mol. The molecule has 1 saturated carbocycles. The zero-order valence-corrected chi connectivity index (χ0v) is 12.0. The van der Waals surface area contributed by atoms with Crippen molar-refractivity contribution < 1.29 is 13.6 Å². The van der Waals surface area contributed by atoms with Crippen LogP contribution in [0.2, 0.25) is 0 Å². The minimum absolute atomic E-state index is 0.319. The predicted octanol–water partition coefficient (Wildman–Crippen LogP) is 3.73. The average Bonchev–Trinajstić information content (AvgIpc) is 3.05. The molecule has 20 heavy (non-hydrogen) atoms. The minimum atomic E-state index is 0.319. The number of aryl methyl sites for hydroxylation is 1. The van der Waals surface area contributed by atoms with Crippen LogP contribution in [-0.2, 0) is 11.3 Å². The lowest BCUT2D eigenvalue weighted by Gasteiger charge is -2.26. The van der Waals surface area contributed by atoms with Gasteiger partial charge in [-0.1, -0.05) is 19.8 Å². The van der Waals surface area contributed by atoms with Gasteiger partial charge in [-0.2, -0.15) is 0 Å². The van der Waals surface area contributed by atoms with Gasteiger partial charge in [0.15, 0.2) is 5.76 Å². The van der Waals surface area contributed by atoms with E-state index >= 15 is 0 Å². The fourth-order valence-corrected chi connectivity index (χ4v) is 2.68. The number of aromatic nitrogens is 2. The summed E-state index contributed by atoms with van der Waals surface area (Å²) in [7, 11) is 0. The largest absolute Gasteiger partial charge is 0.456 e. The number of rotatable bonds is 4. The lowest BCUT2D eigenvalue weighted by Crippen LogP contribution is -2.21. The number of hydrogen-bond donors (Lipinski definition) is 0. The summed E-state index contributed by atoms with van der Waals surface area (Å²) in [6.45, 7) is 4.54. The maximum Gasteiger partial charge on any atom is 0.283 e. The molecule has 3 rings (SSSR count). The Hall–Kier alpha value is -1.62. The summed E-state index contributed by atoms with van der Waals surface area (Å²) in [4.78, 5) is 0. The van der Waals surface area contributed by atoms with Crippen LogP contribution in [0.4, 0.5) is 0 Å². The van der Waals surface area contributed by atoms with Gasteiger partial charge >= 0.3 is 0 Å². The normalized spacial score (nSPS) is 23.1. The van der Waals surface area contributed by atoms with Crippen molar-refractivity contribution in [3.8, 4) is 11.7 Å². The summed E-state index contributed by atoms with van der Waals surface area (Å²) < 4.78 is 16.9. The molecule has 5 nitrogen and oxygen atoms in total. The quantitative estimate of drug-likeness (QED) is 0.851. The molecule has 1 aliphatic rings. The van der Waals surface area contributed by atoms with Crippen molar-refractivity contribution in [1.29, 1.82) is 0 Å². The molecule has 2 aromatic heterocycles. The Morgan fingerprint density at radius 1 is 1.25 bits per heavy atom. The van der Waals surface area contributed by atoms with Crippen LogP contribution in [0.3, 0.4) is 0 Å². The Kier molecular flexibility index (Phi) is 3.87. The Bertz CT molecular complexity index is 561. The van der Waals surface area contributed by atoms with E-state index in [-0.39, 0.29) is 0 Å². The third kappa shape index (κ3) is 3.10. The van der Waals surface area contributed by atoms with E-state index in [1.54, 1.807) is 0 Å². The first kappa shape index (κ1) is 13.4. The second-order valence-corrected chi connectivity index (χ2v) is 5.62. The number of hydrogen-bond acceptors (Lipinski definition) is 5. The molecule has 0 saturated heterocycles. The Morgan fingerprint density at radius 3 is 2.90 bits per heavy atom. The topological polar surface area (TPSA) is 61.3 Å². The van der Waals surface area contributed by atoms with Crippen molar-refractivity contribution in [3.05, 3.63) is 23.8 Å². The van der Waals surface area contributed by atoms with Crippen molar-refractivity contribution in [3.63, 3.8) is 0 Å². The average molecular weight is 276 g/mol. The van der Waals surface area contributed by atoms with Gasteiger partial charge in [0.25, 0.3) is 5.89 Å². The standard InChI is InChI=1S/C15H20N2O3/c1-10-4-3-5-12(8-10)18-9-14-16-17-15(20-14)13-7-6-11(2)19-13/h6-7,10,12H,3-5,8-9H2,1-2H3. The zero-order chi connectivity index (χ0) is 13.9. The van der Waals surface area contributed by atoms with Crippen LogP contribution in [0.25, 0.3) is 11.7 Å². The van der Waals surface area contributed by atoms with E-state index in [1.807, 2.05) is 19.1 Å². The van der Waals surface area contributed by atoms with E-state index in [0.29, 0.717) is 30.3 Å². The van der Waals surface area contributed by atoms with Crippen LogP contribution in [0, 0.1) is 12.8 Å². The summed E-state index contributed by atoms with van der Waals surface area (Å²) in [6, 6.07) is 3.70. The van der Waals surface area contributed by atoms with E-state index < -0.39 is 0 Å². The Labute approximate surface area is 118 Å². The van der Waals surface area contributed by atoms with E-state index in [1.165, 1.54) is 12.8 Å².